The zero-order valence-electron chi connectivity index (χ0n) is 10.2. The van der Waals surface area contributed by atoms with E-state index in [4.69, 9.17) is 9.52 Å². The van der Waals surface area contributed by atoms with Gasteiger partial charge < -0.3 is 9.52 Å². The van der Waals surface area contributed by atoms with Crippen molar-refractivity contribution in [2.75, 3.05) is 12.4 Å². The Morgan fingerprint density at radius 1 is 1.28 bits per heavy atom. The van der Waals surface area contributed by atoms with Crippen LogP contribution in [0, 0.1) is 5.92 Å². The molecule has 0 aliphatic heterocycles. The summed E-state index contributed by atoms with van der Waals surface area (Å²) in [5, 5.41) is 17.0. The van der Waals surface area contributed by atoms with E-state index >= 15 is 0 Å². The van der Waals surface area contributed by atoms with Crippen molar-refractivity contribution in [1.82, 2.24) is 10.2 Å². The van der Waals surface area contributed by atoms with Gasteiger partial charge in [-0.3, -0.25) is 0 Å². The summed E-state index contributed by atoms with van der Waals surface area (Å²) in [5.41, 5.74) is 0.935. The maximum Gasteiger partial charge on any atom is 0.247 e. The van der Waals surface area contributed by atoms with Crippen molar-refractivity contribution in [3.63, 3.8) is 0 Å². The molecule has 1 atom stereocenters. The van der Waals surface area contributed by atoms with Gasteiger partial charge in [-0.15, -0.1) is 10.2 Å². The highest BCUT2D eigenvalue weighted by Gasteiger charge is 2.08. The molecule has 2 aromatic rings. The number of aromatic nitrogens is 2. The minimum Gasteiger partial charge on any atom is -0.420 e. The normalized spacial score (nSPS) is 12.6. The molecule has 0 saturated carbocycles. The lowest BCUT2D eigenvalue weighted by Gasteiger charge is -2.04. The Morgan fingerprint density at radius 3 is 2.78 bits per heavy atom. The van der Waals surface area contributed by atoms with Crippen LogP contribution in [0.15, 0.2) is 34.7 Å². The first kappa shape index (κ1) is 13.1. The molecule has 1 heterocycles. The van der Waals surface area contributed by atoms with Crippen LogP contribution in [0.1, 0.15) is 12.8 Å². The first-order valence-corrected chi connectivity index (χ1v) is 7.01. The number of thioether (sulfide) groups is 1. The molecule has 0 saturated heterocycles. The molecule has 0 spiro atoms. The summed E-state index contributed by atoms with van der Waals surface area (Å²) in [6.07, 6.45) is 0. The number of benzene rings is 1. The van der Waals surface area contributed by atoms with Crippen molar-refractivity contribution in [2.24, 2.45) is 5.92 Å². The summed E-state index contributed by atoms with van der Waals surface area (Å²) in [5.74, 6) is 3.06. The van der Waals surface area contributed by atoms with E-state index in [9.17, 15) is 0 Å². The molecule has 0 fully saturated rings. The summed E-state index contributed by atoms with van der Waals surface area (Å²) >= 11 is 1.69. The second-order valence-corrected chi connectivity index (χ2v) is 5.20. The summed E-state index contributed by atoms with van der Waals surface area (Å²) in [7, 11) is 0. The van der Waals surface area contributed by atoms with Crippen molar-refractivity contribution in [3.05, 3.63) is 36.2 Å². The number of hydrogen-bond donors (Lipinski definition) is 1. The molecule has 96 valence electrons. The highest BCUT2D eigenvalue weighted by Crippen LogP contribution is 2.20. The molecule has 1 aromatic heterocycles. The Kier molecular flexibility index (Phi) is 4.78. The van der Waals surface area contributed by atoms with Gasteiger partial charge in [-0.25, -0.2) is 0 Å². The third-order valence-electron chi connectivity index (χ3n) is 2.43. The Bertz CT molecular complexity index is 473. The predicted molar refractivity (Wildman–Crippen MR) is 72.1 cm³/mol. The van der Waals surface area contributed by atoms with Crippen molar-refractivity contribution >= 4 is 11.8 Å². The van der Waals surface area contributed by atoms with Gasteiger partial charge in [0, 0.05) is 12.2 Å². The minimum atomic E-state index is 0.214. The van der Waals surface area contributed by atoms with Crippen LogP contribution >= 0.6 is 11.8 Å². The van der Waals surface area contributed by atoms with Gasteiger partial charge in [0.05, 0.1) is 5.75 Å². The van der Waals surface area contributed by atoms with E-state index in [1.807, 2.05) is 37.3 Å². The van der Waals surface area contributed by atoms with Gasteiger partial charge >= 0.3 is 0 Å². The van der Waals surface area contributed by atoms with Gasteiger partial charge in [-0.2, -0.15) is 11.8 Å². The zero-order chi connectivity index (χ0) is 12.8. The van der Waals surface area contributed by atoms with Crippen molar-refractivity contribution in [2.45, 2.75) is 12.7 Å². The fourth-order valence-electron chi connectivity index (χ4n) is 1.41. The molecule has 4 nitrogen and oxygen atoms in total. The second kappa shape index (κ2) is 6.56. The van der Waals surface area contributed by atoms with Crippen molar-refractivity contribution in [1.29, 1.82) is 0 Å². The van der Waals surface area contributed by atoms with Gasteiger partial charge in [0.15, 0.2) is 0 Å². The molecule has 0 radical (unpaired) electrons. The van der Waals surface area contributed by atoms with E-state index in [1.54, 1.807) is 11.8 Å². The zero-order valence-corrected chi connectivity index (χ0v) is 11.1. The molecular formula is C13H16N2O2S. The highest BCUT2D eigenvalue weighted by atomic mass is 32.2. The molecule has 0 amide bonds. The van der Waals surface area contributed by atoms with Gasteiger partial charge in [0.25, 0.3) is 0 Å². The average molecular weight is 264 g/mol. The summed E-state index contributed by atoms with van der Waals surface area (Å²) in [4.78, 5) is 0. The monoisotopic (exact) mass is 264 g/mol. The van der Waals surface area contributed by atoms with E-state index in [0.29, 0.717) is 23.5 Å². The third-order valence-corrected chi connectivity index (χ3v) is 3.68. The molecule has 1 N–H and O–H groups in total. The highest BCUT2D eigenvalue weighted by molar-refractivity contribution is 7.98. The minimum absolute atomic E-state index is 0.214. The molecule has 1 aromatic carbocycles. The van der Waals surface area contributed by atoms with Crippen LogP contribution in [0.4, 0.5) is 0 Å². The van der Waals surface area contributed by atoms with Crippen LogP contribution in [0.3, 0.4) is 0 Å². The molecule has 0 bridgehead atoms. The van der Waals surface area contributed by atoms with Crippen LogP contribution in [0.5, 0.6) is 0 Å². The van der Waals surface area contributed by atoms with Gasteiger partial charge in [-0.1, -0.05) is 25.1 Å². The maximum atomic E-state index is 8.92. The topological polar surface area (TPSA) is 59.2 Å². The summed E-state index contributed by atoms with van der Waals surface area (Å²) in [6, 6.07) is 9.72. The first-order chi connectivity index (χ1) is 8.79. The Morgan fingerprint density at radius 2 is 2.06 bits per heavy atom. The van der Waals surface area contributed by atoms with E-state index in [-0.39, 0.29) is 6.61 Å². The van der Waals surface area contributed by atoms with E-state index in [1.165, 1.54) is 0 Å². The van der Waals surface area contributed by atoms with Crippen LogP contribution in [0.25, 0.3) is 11.5 Å². The molecule has 0 aliphatic carbocycles. The predicted octanol–water partition coefficient (Wildman–Crippen LogP) is 2.60. The van der Waals surface area contributed by atoms with Crippen LogP contribution < -0.4 is 0 Å². The standard InChI is InChI=1S/C13H16N2O2S/c1-10(7-16)8-18-9-12-14-15-13(17-12)11-5-3-2-4-6-11/h2-6,10,16H,7-9H2,1H3. The van der Waals surface area contributed by atoms with Gasteiger partial charge in [-0.05, 0) is 23.8 Å². The number of aliphatic hydroxyl groups is 1. The van der Waals surface area contributed by atoms with E-state index in [2.05, 4.69) is 10.2 Å². The molecule has 2 rings (SSSR count). The third kappa shape index (κ3) is 3.58. The lowest BCUT2D eigenvalue weighted by atomic mass is 10.2. The van der Waals surface area contributed by atoms with Crippen molar-refractivity contribution in [3.8, 4) is 11.5 Å². The number of hydrogen-bond acceptors (Lipinski definition) is 5. The van der Waals surface area contributed by atoms with E-state index in [0.717, 1.165) is 11.3 Å². The fourth-order valence-corrected chi connectivity index (χ4v) is 2.33. The smallest absolute Gasteiger partial charge is 0.247 e. The van der Waals surface area contributed by atoms with Crippen LogP contribution in [0.2, 0.25) is 0 Å². The lowest BCUT2D eigenvalue weighted by molar-refractivity contribution is 0.250. The molecule has 0 aliphatic rings. The molecule has 1 unspecified atom stereocenters. The molecule has 18 heavy (non-hydrogen) atoms. The SMILES string of the molecule is CC(CO)CSCc1nnc(-c2ccccc2)o1. The summed E-state index contributed by atoms with van der Waals surface area (Å²) < 4.78 is 5.58. The molecule has 5 heteroatoms. The Hall–Kier alpha value is -1.33. The van der Waals surface area contributed by atoms with Gasteiger partial charge in [0.2, 0.25) is 11.8 Å². The maximum absolute atomic E-state index is 8.92. The Balaban J connectivity index is 1.91. The number of aliphatic hydroxyl groups excluding tert-OH is 1. The fraction of sp³-hybridized carbons (Fsp3) is 0.385. The first-order valence-electron chi connectivity index (χ1n) is 5.86. The van der Waals surface area contributed by atoms with Crippen LogP contribution in [-0.2, 0) is 5.75 Å². The van der Waals surface area contributed by atoms with E-state index < -0.39 is 0 Å². The lowest BCUT2D eigenvalue weighted by Crippen LogP contribution is -2.03. The second-order valence-electron chi connectivity index (χ2n) is 4.17. The van der Waals surface area contributed by atoms with Gasteiger partial charge in [0.1, 0.15) is 0 Å². The Labute approximate surface area is 110 Å². The van der Waals surface area contributed by atoms with Crippen LogP contribution in [-0.4, -0.2) is 27.7 Å². The van der Waals surface area contributed by atoms with Crippen molar-refractivity contribution < 1.29 is 9.52 Å². The number of rotatable bonds is 6. The molecular weight excluding hydrogens is 248 g/mol. The average Bonchev–Trinajstić information content (AvgIpc) is 2.88. The summed E-state index contributed by atoms with van der Waals surface area (Å²) in [6.45, 7) is 2.22. The largest absolute Gasteiger partial charge is 0.420 e. The number of nitrogens with zero attached hydrogens (tertiary/aromatic N) is 2. The quantitative estimate of drug-likeness (QED) is 0.869.